The summed E-state index contributed by atoms with van der Waals surface area (Å²) in [5, 5.41) is 3.27. The Morgan fingerprint density at radius 2 is 2.25 bits per heavy atom. The van der Waals surface area contributed by atoms with Crippen LogP contribution in [-0.2, 0) is 0 Å². The Balaban J connectivity index is 2.31. The van der Waals surface area contributed by atoms with E-state index in [-0.39, 0.29) is 5.82 Å². The minimum absolute atomic E-state index is 0.190. The van der Waals surface area contributed by atoms with Crippen LogP contribution in [0.15, 0.2) is 22.7 Å². The van der Waals surface area contributed by atoms with Gasteiger partial charge >= 0.3 is 0 Å². The predicted molar refractivity (Wildman–Crippen MR) is 49.5 cm³/mol. The maximum absolute atomic E-state index is 12.7. The highest BCUT2D eigenvalue weighted by atomic mass is 79.9. The molecule has 1 saturated heterocycles. The lowest BCUT2D eigenvalue weighted by Crippen LogP contribution is -2.35. The molecule has 0 radical (unpaired) electrons. The normalized spacial score (nSPS) is 22.0. The number of rotatable bonds is 1. The first-order valence-corrected chi connectivity index (χ1v) is 4.75. The third-order valence-corrected chi connectivity index (χ3v) is 2.85. The van der Waals surface area contributed by atoms with Crippen molar-refractivity contribution in [3.05, 3.63) is 34.1 Å². The molecule has 1 heterocycles. The van der Waals surface area contributed by atoms with E-state index >= 15 is 0 Å². The topological polar surface area (TPSA) is 12.0 Å². The largest absolute Gasteiger partial charge is 0.310 e. The number of hydrogen-bond acceptors (Lipinski definition) is 1. The molecule has 1 fully saturated rings. The summed E-state index contributed by atoms with van der Waals surface area (Å²) in [5.41, 5.74) is 1.16. The monoisotopic (exact) mass is 229 g/mol. The first-order valence-electron chi connectivity index (χ1n) is 3.96. The molecule has 1 unspecified atom stereocenters. The van der Waals surface area contributed by atoms with E-state index in [4.69, 9.17) is 0 Å². The Morgan fingerprint density at radius 3 is 2.75 bits per heavy atom. The summed E-state index contributed by atoms with van der Waals surface area (Å²) in [6.45, 7) is 1.06. The van der Waals surface area contributed by atoms with Crippen molar-refractivity contribution in [2.45, 2.75) is 12.5 Å². The molecular weight excluding hydrogens is 221 g/mol. The fourth-order valence-electron chi connectivity index (χ4n) is 1.34. The Labute approximate surface area is 79.1 Å². The average Bonchev–Trinajstić information content (AvgIpc) is 1.91. The lowest BCUT2D eigenvalue weighted by Gasteiger charge is -2.28. The summed E-state index contributed by atoms with van der Waals surface area (Å²) in [6.07, 6.45) is 1.14. The van der Waals surface area contributed by atoms with Crippen LogP contribution < -0.4 is 5.32 Å². The van der Waals surface area contributed by atoms with Crippen molar-refractivity contribution in [2.24, 2.45) is 0 Å². The minimum Gasteiger partial charge on any atom is -0.310 e. The first-order chi connectivity index (χ1) is 5.77. The standard InChI is InChI=1S/C9H9BrFN/c10-8-5-6(11)1-2-7(8)9-3-4-12-9/h1-2,5,9,12H,3-4H2. The van der Waals surface area contributed by atoms with E-state index in [1.165, 1.54) is 12.1 Å². The molecule has 0 spiro atoms. The molecule has 1 aromatic rings. The van der Waals surface area contributed by atoms with Crippen LogP contribution >= 0.6 is 15.9 Å². The molecule has 1 N–H and O–H groups in total. The van der Waals surface area contributed by atoms with E-state index in [1.54, 1.807) is 0 Å². The highest BCUT2D eigenvalue weighted by Crippen LogP contribution is 2.29. The molecule has 0 amide bonds. The molecule has 1 atom stereocenters. The molecule has 1 nitrogen and oxygen atoms in total. The van der Waals surface area contributed by atoms with Crippen molar-refractivity contribution < 1.29 is 4.39 Å². The minimum atomic E-state index is -0.190. The van der Waals surface area contributed by atoms with Crippen molar-refractivity contribution in [2.75, 3.05) is 6.54 Å². The van der Waals surface area contributed by atoms with Gasteiger partial charge in [0.15, 0.2) is 0 Å². The van der Waals surface area contributed by atoms with Crippen molar-refractivity contribution in [3.8, 4) is 0 Å². The predicted octanol–water partition coefficient (Wildman–Crippen LogP) is 2.62. The second kappa shape index (κ2) is 3.15. The maximum atomic E-state index is 12.7. The molecule has 3 heteroatoms. The first kappa shape index (κ1) is 8.20. The van der Waals surface area contributed by atoms with Gasteiger partial charge in [-0.3, -0.25) is 0 Å². The third-order valence-electron chi connectivity index (χ3n) is 2.16. The van der Waals surface area contributed by atoms with Gasteiger partial charge in [0.2, 0.25) is 0 Å². The molecule has 0 bridgehead atoms. The molecular formula is C9H9BrFN. The van der Waals surface area contributed by atoms with E-state index in [2.05, 4.69) is 21.2 Å². The summed E-state index contributed by atoms with van der Waals surface area (Å²) < 4.78 is 13.5. The van der Waals surface area contributed by atoms with Crippen LogP contribution in [0.1, 0.15) is 18.0 Å². The molecule has 1 aliphatic heterocycles. The Hall–Kier alpha value is -0.410. The van der Waals surface area contributed by atoms with Crippen molar-refractivity contribution in [3.63, 3.8) is 0 Å². The van der Waals surface area contributed by atoms with Gasteiger partial charge in [0.25, 0.3) is 0 Å². The van der Waals surface area contributed by atoms with E-state index in [0.29, 0.717) is 6.04 Å². The SMILES string of the molecule is Fc1ccc(C2CCN2)c(Br)c1. The van der Waals surface area contributed by atoms with Crippen LogP contribution in [0.2, 0.25) is 0 Å². The Morgan fingerprint density at radius 1 is 1.50 bits per heavy atom. The Bertz CT molecular complexity index is 297. The fraction of sp³-hybridized carbons (Fsp3) is 0.333. The summed E-state index contributed by atoms with van der Waals surface area (Å²) >= 11 is 3.34. The van der Waals surface area contributed by atoms with Gasteiger partial charge < -0.3 is 5.32 Å². The molecule has 12 heavy (non-hydrogen) atoms. The zero-order valence-electron chi connectivity index (χ0n) is 6.48. The molecule has 0 aromatic heterocycles. The number of nitrogens with one attached hydrogen (secondary N) is 1. The van der Waals surface area contributed by atoms with E-state index in [0.717, 1.165) is 23.0 Å². The van der Waals surface area contributed by atoms with Crippen LogP contribution in [0, 0.1) is 5.82 Å². The smallest absolute Gasteiger partial charge is 0.124 e. The highest BCUT2D eigenvalue weighted by Gasteiger charge is 2.20. The van der Waals surface area contributed by atoms with Crippen molar-refractivity contribution in [1.82, 2.24) is 5.32 Å². The van der Waals surface area contributed by atoms with E-state index in [9.17, 15) is 4.39 Å². The lowest BCUT2D eigenvalue weighted by molar-refractivity contribution is 0.381. The summed E-state index contributed by atoms with van der Waals surface area (Å²) in [4.78, 5) is 0. The second-order valence-corrected chi connectivity index (χ2v) is 3.82. The van der Waals surface area contributed by atoms with E-state index in [1.807, 2.05) is 6.07 Å². The summed E-state index contributed by atoms with van der Waals surface area (Å²) in [7, 11) is 0. The van der Waals surface area contributed by atoms with Gasteiger partial charge in [0, 0.05) is 10.5 Å². The summed E-state index contributed by atoms with van der Waals surface area (Å²) in [6, 6.07) is 5.26. The molecule has 2 rings (SSSR count). The zero-order chi connectivity index (χ0) is 8.55. The van der Waals surface area contributed by atoms with Crippen LogP contribution in [0.3, 0.4) is 0 Å². The number of hydrogen-bond donors (Lipinski definition) is 1. The molecule has 0 saturated carbocycles. The quantitative estimate of drug-likeness (QED) is 0.781. The summed E-state index contributed by atoms with van der Waals surface area (Å²) in [5.74, 6) is -0.190. The molecule has 0 aliphatic carbocycles. The number of halogens is 2. The van der Waals surface area contributed by atoms with Crippen molar-refractivity contribution >= 4 is 15.9 Å². The lowest BCUT2D eigenvalue weighted by atomic mass is 9.98. The molecule has 64 valence electrons. The number of benzene rings is 1. The van der Waals surface area contributed by atoms with Crippen LogP contribution in [0.25, 0.3) is 0 Å². The van der Waals surface area contributed by atoms with E-state index < -0.39 is 0 Å². The maximum Gasteiger partial charge on any atom is 0.124 e. The van der Waals surface area contributed by atoms with Crippen LogP contribution in [0.5, 0.6) is 0 Å². The van der Waals surface area contributed by atoms with Gasteiger partial charge in [-0.05, 0) is 30.7 Å². The van der Waals surface area contributed by atoms with Gasteiger partial charge in [-0.1, -0.05) is 22.0 Å². The van der Waals surface area contributed by atoms with Gasteiger partial charge in [-0.25, -0.2) is 4.39 Å². The van der Waals surface area contributed by atoms with Gasteiger partial charge in [-0.15, -0.1) is 0 Å². The van der Waals surface area contributed by atoms with Gasteiger partial charge in [0.1, 0.15) is 5.82 Å². The van der Waals surface area contributed by atoms with Crippen molar-refractivity contribution in [1.29, 1.82) is 0 Å². The fourth-order valence-corrected chi connectivity index (χ4v) is 1.97. The highest BCUT2D eigenvalue weighted by molar-refractivity contribution is 9.10. The molecule has 1 aromatic carbocycles. The molecule has 1 aliphatic rings. The zero-order valence-corrected chi connectivity index (χ0v) is 8.07. The Kier molecular flexibility index (Phi) is 2.15. The third kappa shape index (κ3) is 1.39. The van der Waals surface area contributed by atoms with Crippen LogP contribution in [-0.4, -0.2) is 6.54 Å². The average molecular weight is 230 g/mol. The second-order valence-electron chi connectivity index (χ2n) is 2.96. The van der Waals surface area contributed by atoms with Gasteiger partial charge in [0.05, 0.1) is 0 Å². The van der Waals surface area contributed by atoms with Gasteiger partial charge in [-0.2, -0.15) is 0 Å². The van der Waals surface area contributed by atoms with Crippen LogP contribution in [0.4, 0.5) is 4.39 Å².